The number of aliphatic hydroxyl groups is 1. The predicted molar refractivity (Wildman–Crippen MR) is 59.3 cm³/mol. The molecule has 0 aliphatic heterocycles. The van der Waals surface area contributed by atoms with Crippen LogP contribution < -0.4 is 5.73 Å². The highest BCUT2D eigenvalue weighted by atomic mass is 16.3. The van der Waals surface area contributed by atoms with Crippen LogP contribution in [0.25, 0.3) is 5.57 Å². The molecule has 0 spiro atoms. The average molecular weight is 189 g/mol. The Hall–Kier alpha value is -1.54. The van der Waals surface area contributed by atoms with Gasteiger partial charge in [-0.25, -0.2) is 0 Å². The van der Waals surface area contributed by atoms with Gasteiger partial charge in [-0.1, -0.05) is 30.3 Å². The highest BCUT2D eigenvalue weighted by molar-refractivity contribution is 5.73. The van der Waals surface area contributed by atoms with Gasteiger partial charge in [-0.3, -0.25) is 0 Å². The summed E-state index contributed by atoms with van der Waals surface area (Å²) in [6, 6.07) is 7.76. The summed E-state index contributed by atoms with van der Waals surface area (Å²) in [6.45, 7) is 2.05. The Morgan fingerprint density at radius 3 is 2.43 bits per heavy atom. The monoisotopic (exact) mass is 189 g/mol. The van der Waals surface area contributed by atoms with Crippen LogP contribution in [0.3, 0.4) is 0 Å². The Morgan fingerprint density at radius 2 is 2.00 bits per heavy atom. The normalized spacial score (nSPS) is 12.3. The summed E-state index contributed by atoms with van der Waals surface area (Å²) >= 11 is 0. The highest BCUT2D eigenvalue weighted by Crippen LogP contribution is 2.16. The fourth-order valence-corrected chi connectivity index (χ4v) is 1.27. The third kappa shape index (κ3) is 2.47. The number of rotatable bonds is 3. The molecule has 1 aromatic rings. The first-order valence-electron chi connectivity index (χ1n) is 4.56. The van der Waals surface area contributed by atoms with Gasteiger partial charge in [-0.05, 0) is 35.9 Å². The molecule has 3 N–H and O–H groups in total. The van der Waals surface area contributed by atoms with E-state index in [0.29, 0.717) is 0 Å². The van der Waals surface area contributed by atoms with Gasteiger partial charge < -0.3 is 10.8 Å². The highest BCUT2D eigenvalue weighted by Gasteiger charge is 1.96. The van der Waals surface area contributed by atoms with Gasteiger partial charge in [0, 0.05) is 0 Å². The lowest BCUT2D eigenvalue weighted by molar-refractivity contribution is 0.282. The quantitative estimate of drug-likeness (QED) is 0.715. The van der Waals surface area contributed by atoms with Gasteiger partial charge in [0.1, 0.15) is 0 Å². The van der Waals surface area contributed by atoms with Crippen molar-refractivity contribution in [3.05, 3.63) is 53.7 Å². The molecule has 1 aromatic carbocycles. The van der Waals surface area contributed by atoms with E-state index in [1.165, 1.54) is 6.20 Å². The zero-order chi connectivity index (χ0) is 10.4. The van der Waals surface area contributed by atoms with Crippen molar-refractivity contribution >= 4 is 5.57 Å². The van der Waals surface area contributed by atoms with Crippen LogP contribution in [0.5, 0.6) is 0 Å². The molecule has 2 nitrogen and oxygen atoms in total. The van der Waals surface area contributed by atoms with Gasteiger partial charge in [-0.2, -0.15) is 0 Å². The fraction of sp³-hybridized carbons (Fsp3) is 0.167. The van der Waals surface area contributed by atoms with Gasteiger partial charge in [0.25, 0.3) is 0 Å². The maximum Gasteiger partial charge on any atom is 0.0681 e. The molecule has 74 valence electrons. The van der Waals surface area contributed by atoms with Crippen LogP contribution in [-0.2, 0) is 6.61 Å². The Balaban J connectivity index is 2.96. The zero-order valence-electron chi connectivity index (χ0n) is 8.27. The largest absolute Gasteiger partial charge is 0.405 e. The van der Waals surface area contributed by atoms with E-state index in [1.54, 1.807) is 0 Å². The van der Waals surface area contributed by atoms with Crippen LogP contribution in [0.15, 0.2) is 42.6 Å². The third-order valence-corrected chi connectivity index (χ3v) is 2.06. The molecule has 14 heavy (non-hydrogen) atoms. The minimum Gasteiger partial charge on any atom is -0.405 e. The number of aliphatic hydroxyl groups excluding tert-OH is 1. The van der Waals surface area contributed by atoms with Gasteiger partial charge in [-0.15, -0.1) is 0 Å². The van der Waals surface area contributed by atoms with Gasteiger partial charge in [0.05, 0.1) is 6.61 Å². The van der Waals surface area contributed by atoms with Crippen LogP contribution in [-0.4, -0.2) is 5.11 Å². The number of benzene rings is 1. The smallest absolute Gasteiger partial charge is 0.0681 e. The SMILES string of the molecule is C/C=C(\C=C/N)c1ccc(CO)cc1. The molecule has 0 radical (unpaired) electrons. The Morgan fingerprint density at radius 1 is 1.36 bits per heavy atom. The molecule has 0 aromatic heterocycles. The number of allylic oxidation sites excluding steroid dienone is 3. The summed E-state index contributed by atoms with van der Waals surface area (Å²) in [5, 5.41) is 8.88. The Bertz CT molecular complexity index is 336. The molecule has 0 saturated heterocycles. The minimum absolute atomic E-state index is 0.0815. The Kier molecular flexibility index (Phi) is 3.95. The third-order valence-electron chi connectivity index (χ3n) is 2.06. The summed E-state index contributed by atoms with van der Waals surface area (Å²) in [4.78, 5) is 0. The standard InChI is InChI=1S/C12H15NO/c1-2-11(7-8-13)12-5-3-10(9-14)4-6-12/h2-8,14H,9,13H2,1H3/b8-7-,11-2+. The van der Waals surface area contributed by atoms with E-state index in [4.69, 9.17) is 10.8 Å². The molecule has 0 bridgehead atoms. The summed E-state index contributed by atoms with van der Waals surface area (Å²) in [6.07, 6.45) is 5.38. The number of nitrogens with two attached hydrogens (primary N) is 1. The fourth-order valence-electron chi connectivity index (χ4n) is 1.27. The molecular formula is C12H15NO. The molecule has 0 unspecified atom stereocenters. The van der Waals surface area contributed by atoms with E-state index in [2.05, 4.69) is 0 Å². The first kappa shape index (κ1) is 10.5. The van der Waals surface area contributed by atoms with E-state index < -0.39 is 0 Å². The molecule has 1 rings (SSSR count). The number of hydrogen-bond donors (Lipinski definition) is 2. The van der Waals surface area contributed by atoms with Gasteiger partial charge in [0.15, 0.2) is 0 Å². The van der Waals surface area contributed by atoms with E-state index in [-0.39, 0.29) is 6.61 Å². The molecule has 0 aliphatic carbocycles. The molecular weight excluding hydrogens is 174 g/mol. The molecule has 0 aliphatic rings. The number of hydrogen-bond acceptors (Lipinski definition) is 2. The van der Waals surface area contributed by atoms with Crippen LogP contribution in [0.4, 0.5) is 0 Å². The van der Waals surface area contributed by atoms with Crippen LogP contribution in [0.2, 0.25) is 0 Å². The lowest BCUT2D eigenvalue weighted by Gasteiger charge is -2.02. The average Bonchev–Trinajstić information content (AvgIpc) is 2.26. The van der Waals surface area contributed by atoms with Crippen molar-refractivity contribution in [3.63, 3.8) is 0 Å². The second-order valence-electron chi connectivity index (χ2n) is 2.96. The molecule has 0 heterocycles. The molecule has 2 heteroatoms. The van der Waals surface area contributed by atoms with Crippen molar-refractivity contribution in [3.8, 4) is 0 Å². The van der Waals surface area contributed by atoms with Gasteiger partial charge >= 0.3 is 0 Å². The molecule has 0 amide bonds. The van der Waals surface area contributed by atoms with E-state index in [9.17, 15) is 0 Å². The molecule has 0 atom stereocenters. The summed E-state index contributed by atoms with van der Waals surface area (Å²) in [7, 11) is 0. The van der Waals surface area contributed by atoms with Crippen molar-refractivity contribution in [1.82, 2.24) is 0 Å². The zero-order valence-corrected chi connectivity index (χ0v) is 8.27. The van der Waals surface area contributed by atoms with Crippen molar-refractivity contribution in [2.75, 3.05) is 0 Å². The van der Waals surface area contributed by atoms with Crippen LogP contribution >= 0.6 is 0 Å². The van der Waals surface area contributed by atoms with Crippen LogP contribution in [0.1, 0.15) is 18.1 Å². The van der Waals surface area contributed by atoms with E-state index in [0.717, 1.165) is 16.7 Å². The summed E-state index contributed by atoms with van der Waals surface area (Å²) < 4.78 is 0. The Labute approximate surface area is 84.4 Å². The maximum absolute atomic E-state index is 8.88. The minimum atomic E-state index is 0.0815. The van der Waals surface area contributed by atoms with E-state index in [1.807, 2.05) is 43.3 Å². The van der Waals surface area contributed by atoms with Crippen molar-refractivity contribution in [2.45, 2.75) is 13.5 Å². The first-order chi connectivity index (χ1) is 6.81. The predicted octanol–water partition coefficient (Wildman–Crippen LogP) is 2.05. The topological polar surface area (TPSA) is 46.2 Å². The molecule has 0 fully saturated rings. The second kappa shape index (κ2) is 5.25. The van der Waals surface area contributed by atoms with Crippen molar-refractivity contribution in [2.24, 2.45) is 5.73 Å². The van der Waals surface area contributed by atoms with Gasteiger partial charge in [0.2, 0.25) is 0 Å². The van der Waals surface area contributed by atoms with Crippen LogP contribution in [0, 0.1) is 0 Å². The first-order valence-corrected chi connectivity index (χ1v) is 4.56. The van der Waals surface area contributed by atoms with Crippen molar-refractivity contribution in [1.29, 1.82) is 0 Å². The maximum atomic E-state index is 8.88. The van der Waals surface area contributed by atoms with E-state index >= 15 is 0 Å². The molecule has 0 saturated carbocycles. The second-order valence-corrected chi connectivity index (χ2v) is 2.96. The lowest BCUT2D eigenvalue weighted by atomic mass is 10.0. The summed E-state index contributed by atoms with van der Waals surface area (Å²) in [5.74, 6) is 0. The lowest BCUT2D eigenvalue weighted by Crippen LogP contribution is -1.86. The van der Waals surface area contributed by atoms with Crippen molar-refractivity contribution < 1.29 is 5.11 Å². The summed E-state index contributed by atoms with van der Waals surface area (Å²) in [5.41, 5.74) is 8.44.